The van der Waals surface area contributed by atoms with Gasteiger partial charge in [0, 0.05) is 11.5 Å². The van der Waals surface area contributed by atoms with Crippen LogP contribution in [0.1, 0.15) is 33.4 Å². The van der Waals surface area contributed by atoms with E-state index in [4.69, 9.17) is 11.3 Å². The summed E-state index contributed by atoms with van der Waals surface area (Å²) in [6, 6.07) is 12.5. The van der Waals surface area contributed by atoms with E-state index in [1.807, 2.05) is 26.0 Å². The van der Waals surface area contributed by atoms with E-state index in [1.54, 1.807) is 0 Å². The molecule has 0 bridgehead atoms. The van der Waals surface area contributed by atoms with Gasteiger partial charge in [0.15, 0.2) is 0 Å². The molecule has 0 unspecified atom stereocenters. The van der Waals surface area contributed by atoms with Crippen LogP contribution in [0.25, 0.3) is 10.4 Å². The molecule has 0 aliphatic rings. The molecular formula is C18H24N4. The molecule has 0 fully saturated rings. The lowest BCUT2D eigenvalue weighted by Crippen LogP contribution is -1.96. The lowest BCUT2D eigenvalue weighted by molar-refractivity contribution is 1.04. The van der Waals surface area contributed by atoms with Crippen LogP contribution in [0.4, 0.5) is 0 Å². The minimum absolute atomic E-state index is 0.443. The van der Waals surface area contributed by atoms with Crippen molar-refractivity contribution in [1.29, 1.82) is 0 Å². The summed E-state index contributed by atoms with van der Waals surface area (Å²) in [6.45, 7) is 9.33. The van der Waals surface area contributed by atoms with Crippen molar-refractivity contribution in [3.8, 4) is 0 Å². The van der Waals surface area contributed by atoms with Gasteiger partial charge >= 0.3 is 0 Å². The van der Waals surface area contributed by atoms with Gasteiger partial charge in [0.25, 0.3) is 0 Å². The normalized spacial score (nSPS) is 9.50. The Hall–Kier alpha value is -2.29. The van der Waals surface area contributed by atoms with Crippen molar-refractivity contribution in [2.75, 3.05) is 0 Å². The third kappa shape index (κ3) is 6.44. The number of nitrogens with zero attached hydrogens (tertiary/aromatic N) is 3. The van der Waals surface area contributed by atoms with Crippen molar-refractivity contribution in [2.45, 2.75) is 40.8 Å². The number of aryl methyl sites for hydroxylation is 4. The molecule has 0 atom stereocenters. The number of hydrogen-bond donors (Lipinski definition) is 1. The highest BCUT2D eigenvalue weighted by molar-refractivity contribution is 5.29. The minimum Gasteiger partial charge on any atom is -0.326 e. The van der Waals surface area contributed by atoms with Crippen molar-refractivity contribution in [3.05, 3.63) is 80.2 Å². The summed E-state index contributed by atoms with van der Waals surface area (Å²) in [5.41, 5.74) is 20.9. The molecule has 116 valence electrons. The largest absolute Gasteiger partial charge is 0.326 e. The standard InChI is InChI=1S/C9H11N3.C9H13N/c1-7-3-8(2)5-9(4-7)6-11-12-10;1-7-3-8(2)5-9(4-7)6-10/h3-5H,6H2,1-2H3;3-5H,6,10H2,1-2H3. The first-order chi connectivity index (χ1) is 10.4. The minimum atomic E-state index is 0.443. The Bertz CT molecular complexity index is 630. The third-order valence-electron chi connectivity index (χ3n) is 3.12. The zero-order valence-electron chi connectivity index (χ0n) is 13.8. The van der Waals surface area contributed by atoms with Gasteiger partial charge in [0.1, 0.15) is 0 Å². The summed E-state index contributed by atoms with van der Waals surface area (Å²) in [4.78, 5) is 2.72. The molecule has 0 amide bonds. The Morgan fingerprint density at radius 3 is 1.59 bits per heavy atom. The zero-order chi connectivity index (χ0) is 16.5. The van der Waals surface area contributed by atoms with Crippen molar-refractivity contribution < 1.29 is 0 Å². The summed E-state index contributed by atoms with van der Waals surface area (Å²) in [5, 5.41) is 3.50. The third-order valence-corrected chi connectivity index (χ3v) is 3.12. The van der Waals surface area contributed by atoms with E-state index in [0.29, 0.717) is 13.1 Å². The van der Waals surface area contributed by atoms with Crippen LogP contribution in [-0.2, 0) is 13.1 Å². The van der Waals surface area contributed by atoms with Crippen LogP contribution < -0.4 is 5.73 Å². The monoisotopic (exact) mass is 296 g/mol. The molecule has 0 saturated carbocycles. The van der Waals surface area contributed by atoms with Gasteiger partial charge in [-0.25, -0.2) is 0 Å². The molecule has 0 aromatic heterocycles. The quantitative estimate of drug-likeness (QED) is 0.489. The summed E-state index contributed by atoms with van der Waals surface area (Å²) in [7, 11) is 0. The maximum absolute atomic E-state index is 8.12. The van der Waals surface area contributed by atoms with Gasteiger partial charge in [0.2, 0.25) is 0 Å². The van der Waals surface area contributed by atoms with Crippen molar-refractivity contribution in [3.63, 3.8) is 0 Å². The average molecular weight is 296 g/mol. The maximum atomic E-state index is 8.12. The Kier molecular flexibility index (Phi) is 7.17. The molecule has 0 aliphatic carbocycles. The second kappa shape index (κ2) is 8.88. The topological polar surface area (TPSA) is 74.8 Å². The van der Waals surface area contributed by atoms with Gasteiger partial charge < -0.3 is 5.73 Å². The number of benzene rings is 2. The maximum Gasteiger partial charge on any atom is 0.0511 e. The number of nitrogens with two attached hydrogens (primary N) is 1. The lowest BCUT2D eigenvalue weighted by atomic mass is 10.1. The van der Waals surface area contributed by atoms with Crippen LogP contribution in [-0.4, -0.2) is 0 Å². The van der Waals surface area contributed by atoms with Crippen LogP contribution in [0.2, 0.25) is 0 Å². The first-order valence-corrected chi connectivity index (χ1v) is 7.30. The van der Waals surface area contributed by atoms with E-state index < -0.39 is 0 Å². The fraction of sp³-hybridized carbons (Fsp3) is 0.333. The first-order valence-electron chi connectivity index (χ1n) is 7.30. The molecule has 2 N–H and O–H groups in total. The molecule has 2 aromatic carbocycles. The van der Waals surface area contributed by atoms with Crippen molar-refractivity contribution >= 4 is 0 Å². The van der Waals surface area contributed by atoms with Crippen LogP contribution in [0, 0.1) is 27.7 Å². The highest BCUT2D eigenvalue weighted by atomic mass is 15.1. The second-order valence-corrected chi connectivity index (χ2v) is 5.59. The molecule has 0 saturated heterocycles. The van der Waals surface area contributed by atoms with E-state index in [1.165, 1.54) is 27.8 Å². The van der Waals surface area contributed by atoms with Crippen LogP contribution in [0.3, 0.4) is 0 Å². The summed E-state index contributed by atoms with van der Waals surface area (Å²) in [6.07, 6.45) is 0. The summed E-state index contributed by atoms with van der Waals surface area (Å²) >= 11 is 0. The van der Waals surface area contributed by atoms with Gasteiger partial charge in [0.05, 0.1) is 6.54 Å². The number of azide groups is 1. The van der Waals surface area contributed by atoms with E-state index in [0.717, 1.165) is 5.56 Å². The van der Waals surface area contributed by atoms with E-state index in [-0.39, 0.29) is 0 Å². The zero-order valence-corrected chi connectivity index (χ0v) is 13.8. The van der Waals surface area contributed by atoms with Crippen LogP contribution >= 0.6 is 0 Å². The van der Waals surface area contributed by atoms with Gasteiger partial charge in [-0.1, -0.05) is 63.8 Å². The predicted molar refractivity (Wildman–Crippen MR) is 92.6 cm³/mol. The molecule has 0 aliphatic heterocycles. The number of hydrogen-bond acceptors (Lipinski definition) is 2. The van der Waals surface area contributed by atoms with Crippen molar-refractivity contribution in [2.24, 2.45) is 10.8 Å². The molecule has 2 aromatic rings. The first kappa shape index (κ1) is 17.8. The molecule has 0 heterocycles. The molecule has 0 spiro atoms. The van der Waals surface area contributed by atoms with Crippen molar-refractivity contribution in [1.82, 2.24) is 0 Å². The van der Waals surface area contributed by atoms with Gasteiger partial charge in [-0.05, 0) is 44.4 Å². The molecule has 22 heavy (non-hydrogen) atoms. The SMILES string of the molecule is Cc1cc(C)cc(CN)c1.Cc1cc(C)cc(CN=[N+]=[N-])c1. The predicted octanol–water partition coefficient (Wildman–Crippen LogP) is 4.88. The fourth-order valence-electron chi connectivity index (χ4n) is 2.46. The smallest absolute Gasteiger partial charge is 0.0511 e. The Morgan fingerprint density at radius 1 is 0.818 bits per heavy atom. The lowest BCUT2D eigenvalue weighted by Gasteiger charge is -2.00. The average Bonchev–Trinajstić information content (AvgIpc) is 2.43. The van der Waals surface area contributed by atoms with E-state index >= 15 is 0 Å². The Labute approximate surface area is 132 Å². The van der Waals surface area contributed by atoms with Gasteiger partial charge in [-0.3, -0.25) is 0 Å². The molecule has 2 rings (SSSR count). The molecular weight excluding hydrogens is 272 g/mol. The Balaban J connectivity index is 0.000000224. The molecule has 4 nitrogen and oxygen atoms in total. The second-order valence-electron chi connectivity index (χ2n) is 5.59. The van der Waals surface area contributed by atoms with E-state index in [2.05, 4.69) is 48.1 Å². The van der Waals surface area contributed by atoms with Crippen LogP contribution in [0.5, 0.6) is 0 Å². The van der Waals surface area contributed by atoms with Crippen LogP contribution in [0.15, 0.2) is 41.5 Å². The van der Waals surface area contributed by atoms with Gasteiger partial charge in [-0.15, -0.1) is 0 Å². The summed E-state index contributed by atoms with van der Waals surface area (Å²) < 4.78 is 0. The number of rotatable bonds is 3. The molecule has 0 radical (unpaired) electrons. The van der Waals surface area contributed by atoms with Gasteiger partial charge in [-0.2, -0.15) is 0 Å². The highest BCUT2D eigenvalue weighted by Crippen LogP contribution is 2.09. The fourth-order valence-corrected chi connectivity index (χ4v) is 2.46. The van der Waals surface area contributed by atoms with E-state index in [9.17, 15) is 0 Å². The molecule has 4 heteroatoms. The summed E-state index contributed by atoms with van der Waals surface area (Å²) in [5.74, 6) is 0. The Morgan fingerprint density at radius 2 is 1.23 bits per heavy atom. The highest BCUT2D eigenvalue weighted by Gasteiger charge is 1.93.